The molecule has 2 aromatic heterocycles. The molecule has 5 N–H and O–H groups in total. The number of anilines is 1. The van der Waals surface area contributed by atoms with Crippen LogP contribution in [-0.2, 0) is 9.59 Å². The van der Waals surface area contributed by atoms with Gasteiger partial charge >= 0.3 is 0 Å². The van der Waals surface area contributed by atoms with Gasteiger partial charge < -0.3 is 21.4 Å². The van der Waals surface area contributed by atoms with E-state index in [4.69, 9.17) is 5.73 Å². The number of nitrogens with zero attached hydrogens (tertiary/aromatic N) is 1. The van der Waals surface area contributed by atoms with Gasteiger partial charge in [-0.05, 0) is 6.07 Å². The van der Waals surface area contributed by atoms with Gasteiger partial charge in [0.2, 0.25) is 11.8 Å². The smallest absolute Gasteiger partial charge is 0.265 e. The van der Waals surface area contributed by atoms with Gasteiger partial charge in [-0.25, -0.2) is 4.98 Å². The van der Waals surface area contributed by atoms with Crippen molar-refractivity contribution < 1.29 is 14.4 Å². The topological polar surface area (TPSA) is 130 Å². The number of H-pyrrole nitrogens is 1. The van der Waals surface area contributed by atoms with E-state index < -0.39 is 11.3 Å². The van der Waals surface area contributed by atoms with Gasteiger partial charge in [-0.15, -0.1) is 11.3 Å². The third-order valence-corrected chi connectivity index (χ3v) is 3.84. The predicted octanol–water partition coefficient (Wildman–Crippen LogP) is 1.34. The number of primary amides is 1. The quantitative estimate of drug-likeness (QED) is 0.649. The second kappa shape index (κ2) is 6.83. The molecule has 128 valence electrons. The minimum Gasteiger partial charge on any atom is -0.364 e. The summed E-state index contributed by atoms with van der Waals surface area (Å²) in [6, 6.07) is 1.59. The molecule has 0 atom stereocenters. The lowest BCUT2D eigenvalue weighted by atomic mass is 9.96. The molecule has 24 heavy (non-hydrogen) atoms. The van der Waals surface area contributed by atoms with Crippen LogP contribution in [0.25, 0.3) is 11.3 Å². The van der Waals surface area contributed by atoms with Crippen molar-refractivity contribution in [3.63, 3.8) is 0 Å². The molecule has 0 radical (unpaired) electrons. The minimum atomic E-state index is -0.556. The van der Waals surface area contributed by atoms with Crippen LogP contribution in [0.15, 0.2) is 17.6 Å². The lowest BCUT2D eigenvalue weighted by Gasteiger charge is -2.17. The second-order valence-electron chi connectivity index (χ2n) is 6.19. The number of aromatic amines is 1. The van der Waals surface area contributed by atoms with Crippen molar-refractivity contribution in [2.75, 3.05) is 11.9 Å². The zero-order chi connectivity index (χ0) is 17.9. The first-order chi connectivity index (χ1) is 11.2. The number of rotatable bonds is 5. The maximum Gasteiger partial charge on any atom is 0.265 e. The molecule has 2 rings (SSSR count). The van der Waals surface area contributed by atoms with Crippen molar-refractivity contribution in [1.82, 2.24) is 15.3 Å². The number of carbonyl (C=O) groups excluding carboxylic acids is 3. The fraction of sp³-hybridized carbons (Fsp3) is 0.333. The molecule has 8 nitrogen and oxygen atoms in total. The van der Waals surface area contributed by atoms with E-state index in [1.54, 1.807) is 38.4 Å². The van der Waals surface area contributed by atoms with E-state index in [1.165, 1.54) is 11.3 Å². The Hall–Kier alpha value is -2.68. The molecule has 0 unspecified atom stereocenters. The summed E-state index contributed by atoms with van der Waals surface area (Å²) in [6.45, 7) is 5.18. The van der Waals surface area contributed by atoms with Crippen LogP contribution in [0.1, 0.15) is 31.3 Å². The van der Waals surface area contributed by atoms with Gasteiger partial charge in [0.25, 0.3) is 5.91 Å². The number of aromatic nitrogens is 2. The number of carbonyl (C=O) groups is 3. The van der Waals surface area contributed by atoms with Gasteiger partial charge in [0, 0.05) is 22.6 Å². The number of hydrogen-bond acceptors (Lipinski definition) is 5. The highest BCUT2D eigenvalue weighted by Crippen LogP contribution is 2.25. The average molecular weight is 349 g/mol. The number of thiazole rings is 1. The van der Waals surface area contributed by atoms with Gasteiger partial charge in [0.15, 0.2) is 5.13 Å². The van der Waals surface area contributed by atoms with Crippen LogP contribution >= 0.6 is 11.3 Å². The first-order valence-electron chi connectivity index (χ1n) is 7.19. The van der Waals surface area contributed by atoms with Crippen molar-refractivity contribution in [3.05, 3.63) is 23.3 Å². The van der Waals surface area contributed by atoms with E-state index in [9.17, 15) is 14.4 Å². The van der Waals surface area contributed by atoms with Crippen LogP contribution in [0.3, 0.4) is 0 Å². The highest BCUT2D eigenvalue weighted by Gasteiger charge is 2.21. The number of amides is 3. The molecule has 0 saturated heterocycles. The van der Waals surface area contributed by atoms with Gasteiger partial charge in [-0.2, -0.15) is 0 Å². The summed E-state index contributed by atoms with van der Waals surface area (Å²) in [6.07, 6.45) is 1.62. The Labute approximate surface area is 142 Å². The molecule has 0 aliphatic carbocycles. The molecule has 0 spiro atoms. The molecular weight excluding hydrogens is 330 g/mol. The maximum atomic E-state index is 11.9. The van der Waals surface area contributed by atoms with Crippen molar-refractivity contribution in [3.8, 4) is 11.3 Å². The molecule has 0 fully saturated rings. The highest BCUT2D eigenvalue weighted by molar-refractivity contribution is 7.14. The zero-order valence-corrected chi connectivity index (χ0v) is 14.4. The lowest BCUT2D eigenvalue weighted by molar-refractivity contribution is -0.130. The fourth-order valence-electron chi connectivity index (χ4n) is 1.74. The third kappa shape index (κ3) is 4.42. The largest absolute Gasteiger partial charge is 0.364 e. The number of nitrogens with two attached hydrogens (primary N) is 1. The van der Waals surface area contributed by atoms with Crippen LogP contribution in [0.4, 0.5) is 5.13 Å². The molecule has 9 heteroatoms. The Balaban J connectivity index is 1.94. The van der Waals surface area contributed by atoms with E-state index >= 15 is 0 Å². The number of hydrogen-bond donors (Lipinski definition) is 4. The molecule has 0 bridgehead atoms. The van der Waals surface area contributed by atoms with Gasteiger partial charge in [-0.1, -0.05) is 20.8 Å². The summed E-state index contributed by atoms with van der Waals surface area (Å²) < 4.78 is 0. The highest BCUT2D eigenvalue weighted by atomic mass is 32.1. The Kier molecular flexibility index (Phi) is 5.03. The van der Waals surface area contributed by atoms with E-state index in [-0.39, 0.29) is 24.1 Å². The predicted molar refractivity (Wildman–Crippen MR) is 91.5 cm³/mol. The summed E-state index contributed by atoms with van der Waals surface area (Å²) in [5.41, 5.74) is 6.22. The van der Waals surface area contributed by atoms with E-state index in [2.05, 4.69) is 20.6 Å². The Morgan fingerprint density at radius 1 is 1.33 bits per heavy atom. The van der Waals surface area contributed by atoms with Gasteiger partial charge in [0.1, 0.15) is 5.69 Å². The summed E-state index contributed by atoms with van der Waals surface area (Å²) >= 11 is 1.24. The van der Waals surface area contributed by atoms with Crippen LogP contribution in [0.5, 0.6) is 0 Å². The summed E-state index contributed by atoms with van der Waals surface area (Å²) in [5.74, 6) is -1.12. The summed E-state index contributed by atoms with van der Waals surface area (Å²) in [7, 11) is 0. The Morgan fingerprint density at radius 2 is 2.04 bits per heavy atom. The molecule has 0 aromatic carbocycles. The van der Waals surface area contributed by atoms with Crippen LogP contribution < -0.4 is 16.4 Å². The van der Waals surface area contributed by atoms with E-state index in [0.717, 1.165) is 0 Å². The molecule has 0 aliphatic heterocycles. The molecular formula is C15H19N5O3S. The van der Waals surface area contributed by atoms with Crippen molar-refractivity contribution >= 4 is 34.2 Å². The van der Waals surface area contributed by atoms with Crippen molar-refractivity contribution in [2.45, 2.75) is 20.8 Å². The lowest BCUT2D eigenvalue weighted by Crippen LogP contribution is -2.39. The Morgan fingerprint density at radius 3 is 2.62 bits per heavy atom. The van der Waals surface area contributed by atoms with Gasteiger partial charge in [0.05, 0.1) is 12.2 Å². The molecule has 3 amide bonds. The van der Waals surface area contributed by atoms with Crippen molar-refractivity contribution in [2.24, 2.45) is 11.1 Å². The van der Waals surface area contributed by atoms with E-state index in [1.807, 2.05) is 0 Å². The Bertz CT molecular complexity index is 772. The third-order valence-electron chi connectivity index (χ3n) is 3.09. The normalized spacial score (nSPS) is 11.1. The maximum absolute atomic E-state index is 11.9. The first kappa shape index (κ1) is 17.7. The standard InChI is InChI=1S/C15H19N5O3S/c1-15(2,3)13(23)18-6-11(21)20-14-19-10(7-24-14)8-4-9(12(16)22)17-5-8/h4-5,7,17H,6H2,1-3H3,(H2,16,22)(H,18,23)(H,19,20,21). The van der Waals surface area contributed by atoms with Crippen LogP contribution in [-0.4, -0.2) is 34.2 Å². The molecule has 0 saturated carbocycles. The van der Waals surface area contributed by atoms with Gasteiger partial charge in [-0.3, -0.25) is 14.4 Å². The first-order valence-corrected chi connectivity index (χ1v) is 8.07. The molecule has 2 heterocycles. The van der Waals surface area contributed by atoms with Crippen molar-refractivity contribution in [1.29, 1.82) is 0 Å². The van der Waals surface area contributed by atoms with Crippen LogP contribution in [0, 0.1) is 5.41 Å². The summed E-state index contributed by atoms with van der Waals surface area (Å²) in [5, 5.41) is 7.34. The summed E-state index contributed by atoms with van der Waals surface area (Å²) in [4.78, 5) is 41.7. The second-order valence-corrected chi connectivity index (χ2v) is 7.04. The molecule has 2 aromatic rings. The SMILES string of the molecule is CC(C)(C)C(=O)NCC(=O)Nc1nc(-c2c[nH]c(C(N)=O)c2)cs1. The minimum absolute atomic E-state index is 0.124. The monoisotopic (exact) mass is 349 g/mol. The number of nitrogens with one attached hydrogen (secondary N) is 3. The molecule has 0 aliphatic rings. The average Bonchev–Trinajstić information content (AvgIpc) is 3.12. The zero-order valence-electron chi connectivity index (χ0n) is 13.6. The fourth-order valence-corrected chi connectivity index (χ4v) is 2.47. The van der Waals surface area contributed by atoms with Crippen LogP contribution in [0.2, 0.25) is 0 Å². The van der Waals surface area contributed by atoms with E-state index in [0.29, 0.717) is 16.4 Å².